The van der Waals surface area contributed by atoms with Crippen LogP contribution < -0.4 is 0 Å². The van der Waals surface area contributed by atoms with Gasteiger partial charge in [-0.2, -0.15) is 5.10 Å². The number of hydrogen-bond acceptors (Lipinski definition) is 4. The Bertz CT molecular complexity index is 766. The van der Waals surface area contributed by atoms with Crippen LogP contribution in [-0.4, -0.2) is 32.6 Å². The Morgan fingerprint density at radius 1 is 1.29 bits per heavy atom. The van der Waals surface area contributed by atoms with Crippen molar-refractivity contribution in [2.75, 3.05) is 7.05 Å². The van der Waals surface area contributed by atoms with E-state index in [0.717, 1.165) is 17.7 Å². The summed E-state index contributed by atoms with van der Waals surface area (Å²) >= 11 is 1.70. The third-order valence-electron chi connectivity index (χ3n) is 4.20. The molecule has 0 aliphatic heterocycles. The lowest BCUT2D eigenvalue weighted by Gasteiger charge is -2.25. The molecule has 2 aromatic heterocycles. The molecule has 0 radical (unpaired) electrons. The molecule has 0 fully saturated rings. The van der Waals surface area contributed by atoms with Gasteiger partial charge >= 0.3 is 0 Å². The highest BCUT2D eigenvalue weighted by atomic mass is 32.1. The second kappa shape index (κ2) is 7.40. The van der Waals surface area contributed by atoms with Crippen molar-refractivity contribution in [3.05, 3.63) is 64.9 Å². The number of hydrogen-bond donors (Lipinski definition) is 0. The molecule has 1 atom stereocenters. The number of aryl methyl sites for hydroxylation is 1. The number of nitrogens with zero attached hydrogens (tertiary/aromatic N) is 4. The predicted octanol–water partition coefficient (Wildman–Crippen LogP) is 3.48. The maximum absolute atomic E-state index is 12.4. The van der Waals surface area contributed by atoms with Gasteiger partial charge in [0, 0.05) is 18.3 Å². The molecule has 5 nitrogen and oxygen atoms in total. The van der Waals surface area contributed by atoms with Crippen molar-refractivity contribution < 1.29 is 4.79 Å². The van der Waals surface area contributed by atoms with E-state index in [-0.39, 0.29) is 11.9 Å². The topological polar surface area (TPSA) is 51.0 Å². The number of rotatable bonds is 6. The lowest BCUT2D eigenvalue weighted by Crippen LogP contribution is -2.29. The normalized spacial score (nSPS) is 12.1. The van der Waals surface area contributed by atoms with Crippen LogP contribution in [0.5, 0.6) is 0 Å². The molecule has 0 bridgehead atoms. The van der Waals surface area contributed by atoms with Crippen LogP contribution in [0, 0.1) is 0 Å². The standard InChI is InChI=1S/C18H20N4OS/c1-14(21(2)18(23)10-9-17-4-3-11-24-17)15-5-7-16(8-6-15)22-13-19-12-20-22/h3-8,11-14H,9-10H2,1-2H3. The van der Waals surface area contributed by atoms with Gasteiger partial charge in [0.1, 0.15) is 12.7 Å². The Balaban J connectivity index is 1.62. The summed E-state index contributed by atoms with van der Waals surface area (Å²) < 4.78 is 1.71. The minimum absolute atomic E-state index is 0.0330. The third-order valence-corrected chi connectivity index (χ3v) is 5.13. The summed E-state index contributed by atoms with van der Waals surface area (Å²) in [6.07, 6.45) is 4.52. The molecular formula is C18H20N4OS. The first-order chi connectivity index (χ1) is 11.6. The average Bonchev–Trinajstić information content (AvgIpc) is 3.32. The second-order valence-electron chi connectivity index (χ2n) is 5.69. The van der Waals surface area contributed by atoms with Gasteiger partial charge in [0.05, 0.1) is 11.7 Å². The highest BCUT2D eigenvalue weighted by Gasteiger charge is 2.17. The average molecular weight is 340 g/mol. The fourth-order valence-corrected chi connectivity index (χ4v) is 3.26. The van der Waals surface area contributed by atoms with E-state index in [9.17, 15) is 4.79 Å². The number of thiophene rings is 1. The van der Waals surface area contributed by atoms with Crippen molar-refractivity contribution in [2.45, 2.75) is 25.8 Å². The van der Waals surface area contributed by atoms with Crippen molar-refractivity contribution in [2.24, 2.45) is 0 Å². The maximum Gasteiger partial charge on any atom is 0.223 e. The Kier molecular flexibility index (Phi) is 5.05. The zero-order valence-electron chi connectivity index (χ0n) is 13.8. The summed E-state index contributed by atoms with van der Waals surface area (Å²) in [5.74, 6) is 0.163. The molecule has 0 spiro atoms. The zero-order valence-corrected chi connectivity index (χ0v) is 14.6. The quantitative estimate of drug-likeness (QED) is 0.690. The van der Waals surface area contributed by atoms with Crippen molar-refractivity contribution in [1.82, 2.24) is 19.7 Å². The maximum atomic E-state index is 12.4. The molecule has 24 heavy (non-hydrogen) atoms. The van der Waals surface area contributed by atoms with Crippen LogP contribution in [-0.2, 0) is 11.2 Å². The fraction of sp³-hybridized carbons (Fsp3) is 0.278. The minimum atomic E-state index is 0.0330. The SMILES string of the molecule is CC(c1ccc(-n2cncn2)cc1)N(C)C(=O)CCc1cccs1. The first-order valence-electron chi connectivity index (χ1n) is 7.88. The second-order valence-corrected chi connectivity index (χ2v) is 6.72. The summed E-state index contributed by atoms with van der Waals surface area (Å²) in [6.45, 7) is 2.05. The van der Waals surface area contributed by atoms with Gasteiger partial charge in [0.25, 0.3) is 0 Å². The molecule has 1 amide bonds. The van der Waals surface area contributed by atoms with Gasteiger partial charge in [0.15, 0.2) is 0 Å². The molecule has 1 aromatic carbocycles. The van der Waals surface area contributed by atoms with E-state index < -0.39 is 0 Å². The van der Waals surface area contributed by atoms with E-state index in [2.05, 4.69) is 16.1 Å². The molecule has 2 heterocycles. The zero-order chi connectivity index (χ0) is 16.9. The molecule has 3 rings (SSSR count). The van der Waals surface area contributed by atoms with Crippen LogP contribution in [0.15, 0.2) is 54.4 Å². The van der Waals surface area contributed by atoms with E-state index in [0.29, 0.717) is 6.42 Å². The summed E-state index contributed by atoms with van der Waals surface area (Å²) in [6, 6.07) is 12.2. The molecule has 3 aromatic rings. The van der Waals surface area contributed by atoms with E-state index in [1.54, 1.807) is 22.3 Å². The number of benzene rings is 1. The molecular weight excluding hydrogens is 320 g/mol. The van der Waals surface area contributed by atoms with Gasteiger partial charge in [0.2, 0.25) is 5.91 Å². The molecule has 0 aliphatic rings. The smallest absolute Gasteiger partial charge is 0.223 e. The monoisotopic (exact) mass is 340 g/mol. The van der Waals surface area contributed by atoms with Gasteiger partial charge < -0.3 is 4.90 Å². The lowest BCUT2D eigenvalue weighted by atomic mass is 10.1. The van der Waals surface area contributed by atoms with Crippen molar-refractivity contribution in [3.63, 3.8) is 0 Å². The number of carbonyl (C=O) groups is 1. The Labute approximate surface area is 145 Å². The Morgan fingerprint density at radius 3 is 2.71 bits per heavy atom. The van der Waals surface area contributed by atoms with E-state index in [1.807, 2.05) is 54.6 Å². The van der Waals surface area contributed by atoms with Crippen LogP contribution in [0.2, 0.25) is 0 Å². The summed E-state index contributed by atoms with van der Waals surface area (Å²) in [7, 11) is 1.87. The third kappa shape index (κ3) is 3.71. The van der Waals surface area contributed by atoms with Gasteiger partial charge in [-0.15, -0.1) is 11.3 Å². The van der Waals surface area contributed by atoms with Crippen LogP contribution >= 0.6 is 11.3 Å². The van der Waals surface area contributed by atoms with E-state index >= 15 is 0 Å². The Morgan fingerprint density at radius 2 is 2.08 bits per heavy atom. The number of aromatic nitrogens is 3. The number of carbonyl (C=O) groups excluding carboxylic acids is 1. The fourth-order valence-electron chi connectivity index (χ4n) is 2.55. The summed E-state index contributed by atoms with van der Waals surface area (Å²) in [4.78, 5) is 19.4. The van der Waals surface area contributed by atoms with Crippen LogP contribution in [0.1, 0.15) is 29.8 Å². The first kappa shape index (κ1) is 16.4. The van der Waals surface area contributed by atoms with E-state index in [4.69, 9.17) is 0 Å². The lowest BCUT2D eigenvalue weighted by molar-refractivity contribution is -0.131. The van der Waals surface area contributed by atoms with Crippen LogP contribution in [0.3, 0.4) is 0 Å². The number of amides is 1. The predicted molar refractivity (Wildman–Crippen MR) is 95.2 cm³/mol. The van der Waals surface area contributed by atoms with Crippen molar-refractivity contribution in [1.29, 1.82) is 0 Å². The van der Waals surface area contributed by atoms with Crippen LogP contribution in [0.4, 0.5) is 0 Å². The van der Waals surface area contributed by atoms with Gasteiger partial charge in [-0.1, -0.05) is 18.2 Å². The van der Waals surface area contributed by atoms with Gasteiger partial charge in [-0.25, -0.2) is 9.67 Å². The van der Waals surface area contributed by atoms with Gasteiger partial charge in [-0.05, 0) is 42.5 Å². The van der Waals surface area contributed by atoms with E-state index in [1.165, 1.54) is 11.2 Å². The minimum Gasteiger partial charge on any atom is -0.339 e. The highest BCUT2D eigenvalue weighted by Crippen LogP contribution is 2.21. The molecule has 0 saturated heterocycles. The summed E-state index contributed by atoms with van der Waals surface area (Å²) in [5.41, 5.74) is 2.06. The van der Waals surface area contributed by atoms with Gasteiger partial charge in [-0.3, -0.25) is 4.79 Å². The molecule has 6 heteroatoms. The molecule has 0 aliphatic carbocycles. The largest absolute Gasteiger partial charge is 0.339 e. The molecule has 124 valence electrons. The molecule has 0 saturated carbocycles. The Hall–Kier alpha value is -2.47. The van der Waals surface area contributed by atoms with Crippen LogP contribution in [0.25, 0.3) is 5.69 Å². The summed E-state index contributed by atoms with van der Waals surface area (Å²) in [5, 5.41) is 6.16. The highest BCUT2D eigenvalue weighted by molar-refractivity contribution is 7.09. The molecule has 0 N–H and O–H groups in total. The van der Waals surface area contributed by atoms with Crippen molar-refractivity contribution >= 4 is 17.2 Å². The first-order valence-corrected chi connectivity index (χ1v) is 8.76. The van der Waals surface area contributed by atoms with Crippen molar-refractivity contribution in [3.8, 4) is 5.69 Å². The molecule has 1 unspecified atom stereocenters.